The fraction of sp³-hybridized carbons (Fsp3) is 0.111. The van der Waals surface area contributed by atoms with Gasteiger partial charge >= 0.3 is 0 Å². The molecule has 62 valence electrons. The highest BCUT2D eigenvalue weighted by atomic mass is 79.9. The Balaban J connectivity index is 3.13. The summed E-state index contributed by atoms with van der Waals surface area (Å²) in [6.45, 7) is 1.92. The van der Waals surface area contributed by atoms with Crippen molar-refractivity contribution in [3.05, 3.63) is 33.8 Å². The van der Waals surface area contributed by atoms with Gasteiger partial charge in [0.1, 0.15) is 0 Å². The molecular formula is C9H7BrO2. The summed E-state index contributed by atoms with van der Waals surface area (Å²) in [6.07, 6.45) is 0.317. The van der Waals surface area contributed by atoms with E-state index in [-0.39, 0.29) is 0 Å². The normalized spacial score (nSPS) is 9.50. The highest BCUT2D eigenvalue weighted by Crippen LogP contribution is 2.17. The third kappa shape index (κ3) is 1.80. The average Bonchev–Trinajstić information content (AvgIpc) is 2.08. The van der Waals surface area contributed by atoms with Crippen molar-refractivity contribution in [1.29, 1.82) is 0 Å². The molecular weight excluding hydrogens is 220 g/mol. The minimum Gasteiger partial charge on any atom is -0.294 e. The van der Waals surface area contributed by atoms with Gasteiger partial charge in [0.05, 0.1) is 0 Å². The van der Waals surface area contributed by atoms with Crippen molar-refractivity contribution < 1.29 is 9.59 Å². The molecule has 3 heteroatoms. The molecule has 0 atom stereocenters. The predicted octanol–water partition coefficient (Wildman–Crippen LogP) is 2.14. The maximum atomic E-state index is 10.9. The summed E-state index contributed by atoms with van der Waals surface area (Å²) >= 11 is 3.28. The molecule has 0 N–H and O–H groups in total. The first kappa shape index (κ1) is 9.13. The van der Waals surface area contributed by atoms with Crippen LogP contribution in [0.15, 0.2) is 22.7 Å². The number of rotatable bonds is 2. The van der Waals surface area contributed by atoms with Crippen molar-refractivity contribution in [2.24, 2.45) is 0 Å². The van der Waals surface area contributed by atoms with Gasteiger partial charge < -0.3 is 0 Å². The van der Waals surface area contributed by atoms with E-state index in [4.69, 9.17) is 0 Å². The van der Waals surface area contributed by atoms with Crippen LogP contribution in [0.3, 0.4) is 0 Å². The molecule has 1 aromatic carbocycles. The molecule has 0 saturated heterocycles. The molecule has 0 heterocycles. The second-order valence-electron chi connectivity index (χ2n) is 2.45. The van der Waals surface area contributed by atoms with Crippen molar-refractivity contribution in [2.45, 2.75) is 6.92 Å². The second kappa shape index (κ2) is 3.63. The molecule has 0 unspecified atom stereocenters. The number of aldehydes is 1. The van der Waals surface area contributed by atoms with Gasteiger partial charge in [-0.05, 0) is 18.6 Å². The van der Waals surface area contributed by atoms with Crippen LogP contribution in [0.2, 0.25) is 0 Å². The molecule has 1 aromatic rings. The number of ketones is 1. The van der Waals surface area contributed by atoms with E-state index in [0.29, 0.717) is 11.8 Å². The molecule has 0 aliphatic heterocycles. The first-order valence-electron chi connectivity index (χ1n) is 3.41. The van der Waals surface area contributed by atoms with Crippen LogP contribution in [0.4, 0.5) is 0 Å². The SMILES string of the molecule is Cc1ccc(C(=O)C=O)cc1Br. The highest BCUT2D eigenvalue weighted by molar-refractivity contribution is 9.10. The standard InChI is InChI=1S/C9H7BrO2/c1-6-2-3-7(4-8(6)10)9(12)5-11/h2-5H,1H3. The van der Waals surface area contributed by atoms with Crippen molar-refractivity contribution in [1.82, 2.24) is 0 Å². The zero-order chi connectivity index (χ0) is 9.14. The third-order valence-electron chi connectivity index (χ3n) is 1.56. The Bertz CT molecular complexity index is 331. The summed E-state index contributed by atoms with van der Waals surface area (Å²) in [6, 6.07) is 5.07. The largest absolute Gasteiger partial charge is 0.294 e. The summed E-state index contributed by atoms with van der Waals surface area (Å²) in [5, 5.41) is 0. The third-order valence-corrected chi connectivity index (χ3v) is 2.42. The summed E-state index contributed by atoms with van der Waals surface area (Å²) in [5.74, 6) is -0.490. The Kier molecular flexibility index (Phi) is 2.76. The topological polar surface area (TPSA) is 34.1 Å². The summed E-state index contributed by atoms with van der Waals surface area (Å²) in [7, 11) is 0. The Morgan fingerprint density at radius 1 is 1.50 bits per heavy atom. The minimum atomic E-state index is -0.490. The van der Waals surface area contributed by atoms with Crippen LogP contribution < -0.4 is 0 Å². The van der Waals surface area contributed by atoms with Gasteiger partial charge in [0, 0.05) is 10.0 Å². The molecule has 1 rings (SSSR count). The van der Waals surface area contributed by atoms with Gasteiger partial charge in [-0.3, -0.25) is 9.59 Å². The number of carbonyl (C=O) groups is 2. The maximum Gasteiger partial charge on any atom is 0.225 e. The lowest BCUT2D eigenvalue weighted by molar-refractivity contribution is -0.104. The van der Waals surface area contributed by atoms with E-state index in [1.165, 1.54) is 0 Å². The molecule has 0 amide bonds. The molecule has 0 fully saturated rings. The zero-order valence-electron chi connectivity index (χ0n) is 6.50. The van der Waals surface area contributed by atoms with E-state index in [2.05, 4.69) is 15.9 Å². The van der Waals surface area contributed by atoms with E-state index in [1.807, 2.05) is 6.92 Å². The Morgan fingerprint density at radius 2 is 2.17 bits per heavy atom. The number of aryl methyl sites for hydroxylation is 1. The Hall–Kier alpha value is -0.960. The van der Waals surface area contributed by atoms with E-state index < -0.39 is 5.78 Å². The van der Waals surface area contributed by atoms with Crippen LogP contribution in [0.5, 0.6) is 0 Å². The molecule has 0 radical (unpaired) electrons. The summed E-state index contributed by atoms with van der Waals surface area (Å²) in [5.41, 5.74) is 1.46. The van der Waals surface area contributed by atoms with E-state index in [9.17, 15) is 9.59 Å². The van der Waals surface area contributed by atoms with Crippen molar-refractivity contribution in [2.75, 3.05) is 0 Å². The van der Waals surface area contributed by atoms with Gasteiger partial charge in [0.25, 0.3) is 0 Å². The van der Waals surface area contributed by atoms with E-state index in [1.54, 1.807) is 18.2 Å². The summed E-state index contributed by atoms with van der Waals surface area (Å²) in [4.78, 5) is 21.0. The molecule has 2 nitrogen and oxygen atoms in total. The van der Waals surface area contributed by atoms with E-state index in [0.717, 1.165) is 10.0 Å². The van der Waals surface area contributed by atoms with Gasteiger partial charge in [-0.15, -0.1) is 0 Å². The average molecular weight is 227 g/mol. The van der Waals surface area contributed by atoms with Gasteiger partial charge in [-0.1, -0.05) is 28.1 Å². The minimum absolute atomic E-state index is 0.317. The van der Waals surface area contributed by atoms with Crippen LogP contribution in [-0.4, -0.2) is 12.1 Å². The van der Waals surface area contributed by atoms with Crippen LogP contribution in [0.25, 0.3) is 0 Å². The predicted molar refractivity (Wildman–Crippen MR) is 49.3 cm³/mol. The number of Topliss-reactive ketones (excluding diaryl/α,β-unsaturated/α-hetero) is 1. The monoisotopic (exact) mass is 226 g/mol. The first-order chi connectivity index (χ1) is 5.65. The van der Waals surface area contributed by atoms with E-state index >= 15 is 0 Å². The van der Waals surface area contributed by atoms with Gasteiger partial charge in [0.2, 0.25) is 5.78 Å². The smallest absolute Gasteiger partial charge is 0.225 e. The molecule has 0 spiro atoms. The molecule has 0 aliphatic rings. The number of hydrogen-bond donors (Lipinski definition) is 0. The van der Waals surface area contributed by atoms with Crippen molar-refractivity contribution in [3.8, 4) is 0 Å². The number of carbonyl (C=O) groups excluding carboxylic acids is 2. The Morgan fingerprint density at radius 3 is 2.67 bits per heavy atom. The lowest BCUT2D eigenvalue weighted by atomic mass is 10.1. The van der Waals surface area contributed by atoms with Crippen LogP contribution in [0, 0.1) is 6.92 Å². The van der Waals surface area contributed by atoms with Crippen molar-refractivity contribution >= 4 is 28.0 Å². The molecule has 0 bridgehead atoms. The van der Waals surface area contributed by atoms with Crippen LogP contribution >= 0.6 is 15.9 Å². The second-order valence-corrected chi connectivity index (χ2v) is 3.30. The van der Waals surface area contributed by atoms with Gasteiger partial charge in [-0.25, -0.2) is 0 Å². The summed E-state index contributed by atoms with van der Waals surface area (Å²) < 4.78 is 0.843. The fourth-order valence-corrected chi connectivity index (χ4v) is 1.19. The number of halogens is 1. The van der Waals surface area contributed by atoms with Gasteiger partial charge in [0.15, 0.2) is 6.29 Å². The fourth-order valence-electron chi connectivity index (χ4n) is 0.814. The van der Waals surface area contributed by atoms with Crippen LogP contribution in [-0.2, 0) is 4.79 Å². The zero-order valence-corrected chi connectivity index (χ0v) is 8.09. The lowest BCUT2D eigenvalue weighted by Crippen LogP contribution is -1.99. The highest BCUT2D eigenvalue weighted by Gasteiger charge is 2.04. The maximum absolute atomic E-state index is 10.9. The first-order valence-corrected chi connectivity index (χ1v) is 4.20. The number of benzene rings is 1. The number of hydrogen-bond acceptors (Lipinski definition) is 2. The quantitative estimate of drug-likeness (QED) is 0.440. The Labute approximate surface area is 78.7 Å². The lowest BCUT2D eigenvalue weighted by Gasteiger charge is -1.98. The van der Waals surface area contributed by atoms with Crippen molar-refractivity contribution in [3.63, 3.8) is 0 Å². The molecule has 0 aromatic heterocycles. The molecule has 0 aliphatic carbocycles. The van der Waals surface area contributed by atoms with Crippen LogP contribution in [0.1, 0.15) is 15.9 Å². The molecule has 0 saturated carbocycles. The molecule has 12 heavy (non-hydrogen) atoms. The van der Waals surface area contributed by atoms with Gasteiger partial charge in [-0.2, -0.15) is 0 Å².